The molecule has 2 heterocycles. The van der Waals surface area contributed by atoms with Crippen molar-refractivity contribution in [2.45, 2.75) is 6.42 Å². The van der Waals surface area contributed by atoms with Gasteiger partial charge >= 0.3 is 0 Å². The maximum atomic E-state index is 10.9. The van der Waals surface area contributed by atoms with Gasteiger partial charge in [-0.1, -0.05) is 24.3 Å². The zero-order chi connectivity index (χ0) is 13.9. The number of hydrogen-bond donors (Lipinski definition) is 0. The summed E-state index contributed by atoms with van der Waals surface area (Å²) in [6.45, 7) is 0. The van der Waals surface area contributed by atoms with Crippen LogP contribution in [0.3, 0.4) is 0 Å². The van der Waals surface area contributed by atoms with E-state index in [1.165, 1.54) is 11.3 Å². The number of para-hydroxylation sites is 1. The van der Waals surface area contributed by atoms with Crippen LogP contribution < -0.4 is 5.11 Å². The van der Waals surface area contributed by atoms with Gasteiger partial charge in [-0.25, -0.2) is 4.68 Å². The molecule has 0 atom stereocenters. The summed E-state index contributed by atoms with van der Waals surface area (Å²) in [7, 11) is 0. The summed E-state index contributed by atoms with van der Waals surface area (Å²) in [4.78, 5) is 11.8. The van der Waals surface area contributed by atoms with Crippen molar-refractivity contribution in [2.24, 2.45) is 0 Å². The van der Waals surface area contributed by atoms with E-state index in [-0.39, 0.29) is 6.42 Å². The van der Waals surface area contributed by atoms with Gasteiger partial charge in [0.1, 0.15) is 5.69 Å². The number of carboxylic acids is 1. The van der Waals surface area contributed by atoms with Gasteiger partial charge in [-0.2, -0.15) is 5.10 Å². The Morgan fingerprint density at radius 1 is 1.20 bits per heavy atom. The molecule has 5 heteroatoms. The number of carbonyl (C=O) groups is 1. The van der Waals surface area contributed by atoms with Gasteiger partial charge in [0.25, 0.3) is 0 Å². The van der Waals surface area contributed by atoms with Crippen LogP contribution in [-0.4, -0.2) is 15.7 Å². The molecule has 3 aromatic rings. The Bertz CT molecular complexity index is 718. The maximum absolute atomic E-state index is 10.9. The van der Waals surface area contributed by atoms with Crippen molar-refractivity contribution < 1.29 is 9.90 Å². The highest BCUT2D eigenvalue weighted by molar-refractivity contribution is 7.13. The summed E-state index contributed by atoms with van der Waals surface area (Å²) in [5.74, 6) is -1.10. The predicted molar refractivity (Wildman–Crippen MR) is 75.6 cm³/mol. The van der Waals surface area contributed by atoms with E-state index in [0.29, 0.717) is 11.3 Å². The van der Waals surface area contributed by atoms with Gasteiger partial charge in [0.15, 0.2) is 0 Å². The highest BCUT2D eigenvalue weighted by atomic mass is 32.1. The van der Waals surface area contributed by atoms with E-state index in [2.05, 4.69) is 5.10 Å². The van der Waals surface area contributed by atoms with E-state index >= 15 is 0 Å². The normalized spacial score (nSPS) is 10.6. The van der Waals surface area contributed by atoms with Gasteiger partial charge in [0, 0.05) is 24.2 Å². The van der Waals surface area contributed by atoms with Gasteiger partial charge in [-0.05, 0) is 23.6 Å². The van der Waals surface area contributed by atoms with Gasteiger partial charge in [-0.15, -0.1) is 11.3 Å². The van der Waals surface area contributed by atoms with Crippen LogP contribution in [-0.2, 0) is 11.2 Å². The summed E-state index contributed by atoms with van der Waals surface area (Å²) in [6.07, 6.45) is 1.61. The van der Waals surface area contributed by atoms with E-state index in [9.17, 15) is 9.90 Å². The van der Waals surface area contributed by atoms with Crippen LogP contribution in [0.4, 0.5) is 0 Å². The van der Waals surface area contributed by atoms with Crippen molar-refractivity contribution >= 4 is 17.3 Å². The van der Waals surface area contributed by atoms with E-state index in [0.717, 1.165) is 10.6 Å². The number of carboxylic acid groups (broad SMARTS) is 1. The molecule has 2 aromatic heterocycles. The lowest BCUT2D eigenvalue weighted by molar-refractivity contribution is -0.304. The van der Waals surface area contributed by atoms with Gasteiger partial charge < -0.3 is 9.90 Å². The number of carbonyl (C=O) groups excluding carboxylic acids is 1. The lowest BCUT2D eigenvalue weighted by atomic mass is 10.1. The second-order valence-electron chi connectivity index (χ2n) is 4.31. The zero-order valence-electron chi connectivity index (χ0n) is 10.5. The molecule has 20 heavy (non-hydrogen) atoms. The molecular formula is C15H11N2O2S-. The third kappa shape index (κ3) is 2.48. The topological polar surface area (TPSA) is 57.9 Å². The van der Waals surface area contributed by atoms with E-state index in [1.54, 1.807) is 10.9 Å². The fourth-order valence-electron chi connectivity index (χ4n) is 2.03. The largest absolute Gasteiger partial charge is 0.550 e. The predicted octanol–water partition coefficient (Wildman–Crippen LogP) is 1.89. The van der Waals surface area contributed by atoms with Crippen LogP contribution in [0.2, 0.25) is 0 Å². The van der Waals surface area contributed by atoms with Crippen molar-refractivity contribution in [3.63, 3.8) is 0 Å². The van der Waals surface area contributed by atoms with Crippen LogP contribution in [0.1, 0.15) is 5.56 Å². The molecule has 0 spiro atoms. The number of rotatable bonds is 4. The van der Waals surface area contributed by atoms with Crippen LogP contribution in [0.15, 0.2) is 54.0 Å². The first kappa shape index (κ1) is 12.6. The monoisotopic (exact) mass is 283 g/mol. The molecule has 100 valence electrons. The molecule has 0 aliphatic carbocycles. The van der Waals surface area contributed by atoms with Crippen molar-refractivity contribution in [1.29, 1.82) is 0 Å². The highest BCUT2D eigenvalue weighted by Crippen LogP contribution is 2.27. The summed E-state index contributed by atoms with van der Waals surface area (Å²) in [6, 6.07) is 13.5. The highest BCUT2D eigenvalue weighted by Gasteiger charge is 2.13. The second kappa shape index (κ2) is 5.30. The van der Waals surface area contributed by atoms with E-state index in [4.69, 9.17) is 0 Å². The zero-order valence-corrected chi connectivity index (χ0v) is 11.3. The molecule has 4 nitrogen and oxygen atoms in total. The van der Waals surface area contributed by atoms with Gasteiger partial charge in [0.2, 0.25) is 0 Å². The molecule has 1 aromatic carbocycles. The number of benzene rings is 1. The van der Waals surface area contributed by atoms with E-state index < -0.39 is 5.97 Å². The molecule has 0 radical (unpaired) electrons. The number of nitrogens with zero attached hydrogens (tertiary/aromatic N) is 2. The molecule has 0 aliphatic rings. The van der Waals surface area contributed by atoms with Crippen LogP contribution in [0.25, 0.3) is 16.3 Å². The molecule has 0 saturated carbocycles. The SMILES string of the molecule is O=C([O-])Cc1cn(-c2ccccc2)nc1-c1cccs1. The van der Waals surface area contributed by atoms with Gasteiger partial charge in [-0.3, -0.25) is 0 Å². The molecule has 0 bridgehead atoms. The van der Waals surface area contributed by atoms with Crippen molar-refractivity contribution in [3.05, 3.63) is 59.6 Å². The summed E-state index contributed by atoms with van der Waals surface area (Å²) >= 11 is 1.54. The lowest BCUT2D eigenvalue weighted by Gasteiger charge is -2.00. The minimum absolute atomic E-state index is 0.139. The van der Waals surface area contributed by atoms with Crippen molar-refractivity contribution in [2.75, 3.05) is 0 Å². The van der Waals surface area contributed by atoms with E-state index in [1.807, 2.05) is 47.8 Å². The fraction of sp³-hybridized carbons (Fsp3) is 0.0667. The van der Waals surface area contributed by atoms with Gasteiger partial charge in [0.05, 0.1) is 10.6 Å². The Morgan fingerprint density at radius 2 is 2.00 bits per heavy atom. The van der Waals surface area contributed by atoms with Crippen LogP contribution >= 0.6 is 11.3 Å². The number of aliphatic carboxylic acids is 1. The third-order valence-electron chi connectivity index (χ3n) is 2.90. The fourth-order valence-corrected chi connectivity index (χ4v) is 2.77. The Hall–Kier alpha value is -2.40. The smallest absolute Gasteiger partial charge is 0.106 e. The first-order valence-electron chi connectivity index (χ1n) is 6.12. The molecule has 0 fully saturated rings. The molecule has 0 saturated heterocycles. The first-order chi connectivity index (χ1) is 9.74. The first-order valence-corrected chi connectivity index (χ1v) is 6.99. The van der Waals surface area contributed by atoms with Crippen molar-refractivity contribution in [1.82, 2.24) is 9.78 Å². The Morgan fingerprint density at radius 3 is 2.65 bits per heavy atom. The minimum atomic E-state index is -1.10. The summed E-state index contributed by atoms with van der Waals surface area (Å²) < 4.78 is 1.70. The van der Waals surface area contributed by atoms with Crippen molar-refractivity contribution in [3.8, 4) is 16.3 Å². The third-order valence-corrected chi connectivity index (χ3v) is 3.78. The molecular weight excluding hydrogens is 272 g/mol. The molecule has 0 aliphatic heterocycles. The Labute approximate surface area is 119 Å². The lowest BCUT2D eigenvalue weighted by Crippen LogP contribution is -2.24. The number of aromatic nitrogens is 2. The second-order valence-corrected chi connectivity index (χ2v) is 5.26. The standard InChI is InChI=1S/C15H12N2O2S/c18-14(19)9-11-10-17(12-5-2-1-3-6-12)16-15(11)13-7-4-8-20-13/h1-8,10H,9H2,(H,18,19)/p-1. The maximum Gasteiger partial charge on any atom is 0.106 e. The quantitative estimate of drug-likeness (QED) is 0.734. The molecule has 0 amide bonds. The Kier molecular flexibility index (Phi) is 3.35. The van der Waals surface area contributed by atoms with Crippen LogP contribution in [0, 0.1) is 0 Å². The summed E-state index contributed by atoms with van der Waals surface area (Å²) in [5, 5.41) is 17.3. The summed E-state index contributed by atoms with van der Waals surface area (Å²) in [5.41, 5.74) is 2.26. The minimum Gasteiger partial charge on any atom is -0.550 e. The average molecular weight is 283 g/mol. The molecule has 3 rings (SSSR count). The number of hydrogen-bond acceptors (Lipinski definition) is 4. The molecule has 0 unspecified atom stereocenters. The molecule has 0 N–H and O–H groups in total. The number of thiophene rings is 1. The average Bonchev–Trinajstić information content (AvgIpc) is 3.08. The van der Waals surface area contributed by atoms with Crippen LogP contribution in [0.5, 0.6) is 0 Å². The Balaban J connectivity index is 2.08.